The lowest BCUT2D eigenvalue weighted by Gasteiger charge is -2.28. The predicted molar refractivity (Wildman–Crippen MR) is 130 cm³/mol. The molecule has 0 atom stereocenters. The molecule has 0 aliphatic carbocycles. The number of benzene rings is 2. The summed E-state index contributed by atoms with van der Waals surface area (Å²) < 4.78 is 4.74. The van der Waals surface area contributed by atoms with Gasteiger partial charge >= 0.3 is 0 Å². The van der Waals surface area contributed by atoms with Crippen molar-refractivity contribution in [2.45, 2.75) is 45.4 Å². The largest absolute Gasteiger partial charge is 0.372 e. The molecule has 31 heavy (non-hydrogen) atoms. The van der Waals surface area contributed by atoms with Crippen LogP contribution in [0.15, 0.2) is 66.9 Å². The lowest BCUT2D eigenvalue weighted by atomic mass is 9.86. The summed E-state index contributed by atoms with van der Waals surface area (Å²) in [6.45, 7) is 9.18. The minimum absolute atomic E-state index is 0.154. The number of imidazole rings is 1. The topological polar surface area (TPSA) is 11.8 Å². The summed E-state index contributed by atoms with van der Waals surface area (Å²) in [6.07, 6.45) is 6.24. The summed E-state index contributed by atoms with van der Waals surface area (Å²) in [5, 5.41) is 2.59. The van der Waals surface area contributed by atoms with Crippen LogP contribution >= 0.6 is 0 Å². The molecule has 0 unspecified atom stereocenters. The van der Waals surface area contributed by atoms with Crippen LogP contribution in [-0.4, -0.2) is 17.5 Å². The van der Waals surface area contributed by atoms with Crippen molar-refractivity contribution in [1.82, 2.24) is 4.40 Å². The standard InChI is InChI=1S/C28H30N3/c1-28(2,3)22-9-12-25-20(17-22)8-14-27-30(25)19-24-10-7-21-18-23(11-13-26(21)31(24)27)29-15-5-4-6-16-29/h7-14,17-19H,4-6,15-16H2,1-3H3/q+1. The molecule has 2 aromatic carbocycles. The molecule has 6 rings (SSSR count). The molecule has 0 amide bonds. The van der Waals surface area contributed by atoms with Gasteiger partial charge in [0.1, 0.15) is 17.2 Å². The van der Waals surface area contributed by atoms with Crippen molar-refractivity contribution in [1.29, 1.82) is 0 Å². The van der Waals surface area contributed by atoms with Crippen molar-refractivity contribution in [3.05, 3.63) is 72.4 Å². The first kappa shape index (κ1) is 18.7. The Hall–Kier alpha value is -3.07. The molecule has 5 aromatic rings. The first-order valence-electron chi connectivity index (χ1n) is 11.6. The third kappa shape index (κ3) is 2.98. The first-order chi connectivity index (χ1) is 15.0. The molecule has 156 valence electrons. The number of hydrogen-bond donors (Lipinski definition) is 0. The van der Waals surface area contributed by atoms with E-state index in [9.17, 15) is 0 Å². The molecule has 3 nitrogen and oxygen atoms in total. The van der Waals surface area contributed by atoms with E-state index >= 15 is 0 Å². The maximum absolute atomic E-state index is 2.54. The summed E-state index contributed by atoms with van der Waals surface area (Å²) in [6, 6.07) is 22.9. The Morgan fingerprint density at radius 3 is 2.39 bits per heavy atom. The van der Waals surface area contributed by atoms with Gasteiger partial charge < -0.3 is 4.90 Å². The lowest BCUT2D eigenvalue weighted by molar-refractivity contribution is -0.479. The van der Waals surface area contributed by atoms with Crippen molar-refractivity contribution in [2.75, 3.05) is 18.0 Å². The highest BCUT2D eigenvalue weighted by Crippen LogP contribution is 2.28. The zero-order valence-electron chi connectivity index (χ0n) is 18.7. The minimum Gasteiger partial charge on any atom is -0.372 e. The Labute approximate surface area is 183 Å². The van der Waals surface area contributed by atoms with E-state index < -0.39 is 0 Å². The zero-order valence-corrected chi connectivity index (χ0v) is 18.7. The highest BCUT2D eigenvalue weighted by molar-refractivity contribution is 5.88. The fourth-order valence-electron chi connectivity index (χ4n) is 5.17. The van der Waals surface area contributed by atoms with Gasteiger partial charge in [-0.1, -0.05) is 26.8 Å². The average molecular weight is 409 g/mol. The van der Waals surface area contributed by atoms with Crippen molar-refractivity contribution in [3.8, 4) is 0 Å². The van der Waals surface area contributed by atoms with E-state index in [1.807, 2.05) is 0 Å². The second-order valence-corrected chi connectivity index (χ2v) is 10.1. The number of hydrogen-bond acceptors (Lipinski definition) is 1. The monoisotopic (exact) mass is 408 g/mol. The van der Waals surface area contributed by atoms with Gasteiger partial charge in [-0.2, -0.15) is 8.80 Å². The van der Waals surface area contributed by atoms with Crippen molar-refractivity contribution in [2.24, 2.45) is 0 Å². The van der Waals surface area contributed by atoms with Crippen LogP contribution in [0, 0.1) is 0 Å². The Balaban J connectivity index is 1.56. The third-order valence-corrected chi connectivity index (χ3v) is 6.97. The Bertz CT molecular complexity index is 1450. The van der Waals surface area contributed by atoms with Gasteiger partial charge in [0, 0.05) is 35.6 Å². The molecule has 0 N–H and O–H groups in total. The Morgan fingerprint density at radius 1 is 0.774 bits per heavy atom. The SMILES string of the molecule is CC(C)(C)c1ccc2c(ccc3n4c(ccc5cc(N6CCCCC6)ccc54)c[n+]23)c1. The zero-order chi connectivity index (χ0) is 21.2. The summed E-state index contributed by atoms with van der Waals surface area (Å²) in [4.78, 5) is 2.54. The predicted octanol–water partition coefficient (Wildman–Crippen LogP) is 6.27. The number of nitrogens with zero attached hydrogens (tertiary/aromatic N) is 3. The fourth-order valence-corrected chi connectivity index (χ4v) is 5.17. The fraction of sp³-hybridized carbons (Fsp3) is 0.321. The van der Waals surface area contributed by atoms with Gasteiger partial charge in [-0.15, -0.1) is 0 Å². The first-order valence-corrected chi connectivity index (χ1v) is 11.6. The number of pyridine rings is 2. The second kappa shape index (κ2) is 6.71. The molecule has 0 bridgehead atoms. The normalized spacial score (nSPS) is 15.5. The van der Waals surface area contributed by atoms with Crippen LogP contribution in [0.3, 0.4) is 0 Å². The molecule has 1 aliphatic rings. The summed E-state index contributed by atoms with van der Waals surface area (Å²) in [5.74, 6) is 0. The van der Waals surface area contributed by atoms with E-state index in [-0.39, 0.29) is 5.41 Å². The minimum atomic E-state index is 0.154. The van der Waals surface area contributed by atoms with Crippen molar-refractivity contribution >= 4 is 38.7 Å². The summed E-state index contributed by atoms with van der Waals surface area (Å²) in [7, 11) is 0. The number of piperidine rings is 1. The lowest BCUT2D eigenvalue weighted by Crippen LogP contribution is -2.29. The maximum Gasteiger partial charge on any atom is 0.292 e. The van der Waals surface area contributed by atoms with Crippen LogP contribution < -0.4 is 9.30 Å². The summed E-state index contributed by atoms with van der Waals surface area (Å²) >= 11 is 0. The third-order valence-electron chi connectivity index (χ3n) is 6.97. The number of aromatic nitrogens is 2. The number of anilines is 1. The van der Waals surface area contributed by atoms with Gasteiger partial charge in [0.25, 0.3) is 5.65 Å². The molecule has 4 heterocycles. The maximum atomic E-state index is 2.54. The van der Waals surface area contributed by atoms with Crippen LogP contribution in [0.25, 0.3) is 33.0 Å². The molecule has 3 heteroatoms. The Kier molecular flexibility index (Phi) is 4.05. The smallest absolute Gasteiger partial charge is 0.292 e. The summed E-state index contributed by atoms with van der Waals surface area (Å²) in [5.41, 5.74) is 7.85. The molecule has 1 aliphatic heterocycles. The molecular weight excluding hydrogens is 378 g/mol. The van der Waals surface area contributed by atoms with E-state index in [0.717, 1.165) is 0 Å². The van der Waals surface area contributed by atoms with Crippen molar-refractivity contribution in [3.63, 3.8) is 0 Å². The van der Waals surface area contributed by atoms with Crippen LogP contribution in [0.4, 0.5) is 5.69 Å². The van der Waals surface area contributed by atoms with E-state index in [1.54, 1.807) is 0 Å². The second-order valence-electron chi connectivity index (χ2n) is 10.1. The average Bonchev–Trinajstić information content (AvgIpc) is 3.18. The molecule has 0 radical (unpaired) electrons. The van der Waals surface area contributed by atoms with E-state index in [4.69, 9.17) is 0 Å². The van der Waals surface area contributed by atoms with Gasteiger partial charge in [-0.25, -0.2) is 0 Å². The van der Waals surface area contributed by atoms with E-state index in [0.29, 0.717) is 0 Å². The quantitative estimate of drug-likeness (QED) is 0.298. The highest BCUT2D eigenvalue weighted by atomic mass is 15.1. The molecule has 3 aromatic heterocycles. The Morgan fingerprint density at radius 2 is 1.58 bits per heavy atom. The van der Waals surface area contributed by atoms with Crippen LogP contribution in [0.2, 0.25) is 0 Å². The molecule has 1 fully saturated rings. The molecule has 1 saturated heterocycles. The van der Waals surface area contributed by atoms with Crippen molar-refractivity contribution < 1.29 is 4.40 Å². The van der Waals surface area contributed by atoms with E-state index in [2.05, 4.69) is 101 Å². The van der Waals surface area contributed by atoms with Gasteiger partial charge in [-0.3, -0.25) is 0 Å². The highest BCUT2D eigenvalue weighted by Gasteiger charge is 2.20. The van der Waals surface area contributed by atoms with Crippen LogP contribution in [0.1, 0.15) is 45.6 Å². The van der Waals surface area contributed by atoms with Gasteiger partial charge in [0.15, 0.2) is 5.52 Å². The number of fused-ring (bicyclic) bond motifs is 7. The van der Waals surface area contributed by atoms with Crippen LogP contribution in [-0.2, 0) is 5.41 Å². The van der Waals surface area contributed by atoms with Gasteiger partial charge in [0.2, 0.25) is 0 Å². The van der Waals surface area contributed by atoms with Gasteiger partial charge in [-0.05, 0) is 78.8 Å². The molecule has 0 saturated carbocycles. The number of rotatable bonds is 1. The van der Waals surface area contributed by atoms with Crippen LogP contribution in [0.5, 0.6) is 0 Å². The molecule has 0 spiro atoms. The van der Waals surface area contributed by atoms with Gasteiger partial charge in [0.05, 0.1) is 0 Å². The molecular formula is C28H30N3+. The van der Waals surface area contributed by atoms with E-state index in [1.165, 1.54) is 76.6 Å².